The maximum absolute atomic E-state index is 12.2. The lowest BCUT2D eigenvalue weighted by atomic mass is 9.90. The van der Waals surface area contributed by atoms with Gasteiger partial charge in [-0.3, -0.25) is 4.79 Å². The van der Waals surface area contributed by atoms with Crippen LogP contribution in [0.1, 0.15) is 20.8 Å². The number of rotatable bonds is 7. The van der Waals surface area contributed by atoms with E-state index in [-0.39, 0.29) is 17.6 Å². The summed E-state index contributed by atoms with van der Waals surface area (Å²) in [4.78, 5) is 16.8. The van der Waals surface area contributed by atoms with Crippen LogP contribution < -0.4 is 5.32 Å². The van der Waals surface area contributed by atoms with Crippen LogP contribution in [0.5, 0.6) is 0 Å². The number of nitriles is 1. The van der Waals surface area contributed by atoms with Gasteiger partial charge in [0.2, 0.25) is 5.91 Å². The van der Waals surface area contributed by atoms with Gasteiger partial charge in [-0.05, 0) is 25.0 Å². The number of para-hydroxylation sites is 2. The van der Waals surface area contributed by atoms with Crippen LogP contribution in [0.4, 0.5) is 0 Å². The fourth-order valence-electron chi connectivity index (χ4n) is 2.23. The average molecular weight is 342 g/mol. The minimum atomic E-state index is -0.862. The first-order valence-corrected chi connectivity index (χ1v) is 8.81. The molecular formula is C18H22N4OS. The van der Waals surface area contributed by atoms with Gasteiger partial charge in [0.25, 0.3) is 0 Å². The van der Waals surface area contributed by atoms with E-state index in [1.54, 1.807) is 6.92 Å². The van der Waals surface area contributed by atoms with Crippen LogP contribution in [0, 0.1) is 17.2 Å². The van der Waals surface area contributed by atoms with Crippen LogP contribution in [0.25, 0.3) is 11.0 Å². The molecule has 0 aliphatic rings. The van der Waals surface area contributed by atoms with Crippen molar-refractivity contribution in [2.75, 3.05) is 5.75 Å². The Bertz CT molecular complexity index is 790. The lowest BCUT2D eigenvalue weighted by Gasteiger charge is -2.27. The van der Waals surface area contributed by atoms with Crippen LogP contribution in [0.2, 0.25) is 0 Å². The Morgan fingerprint density at radius 1 is 1.54 bits per heavy atom. The van der Waals surface area contributed by atoms with Gasteiger partial charge in [-0.1, -0.05) is 43.8 Å². The zero-order chi connectivity index (χ0) is 17.7. The van der Waals surface area contributed by atoms with Crippen molar-refractivity contribution < 1.29 is 4.79 Å². The minimum Gasteiger partial charge on any atom is -0.337 e. The van der Waals surface area contributed by atoms with Crippen molar-refractivity contribution in [1.29, 1.82) is 5.26 Å². The number of aromatic nitrogens is 2. The second-order valence-corrected chi connectivity index (χ2v) is 7.03. The predicted octanol–water partition coefficient (Wildman–Crippen LogP) is 3.37. The normalized spacial score (nSPS) is 13.5. The van der Waals surface area contributed by atoms with Crippen molar-refractivity contribution in [3.63, 3.8) is 0 Å². The summed E-state index contributed by atoms with van der Waals surface area (Å²) in [5.74, 6) is 0.0709. The first kappa shape index (κ1) is 18.1. The summed E-state index contributed by atoms with van der Waals surface area (Å²) in [5, 5.41) is 12.9. The Morgan fingerprint density at radius 3 is 2.88 bits per heavy atom. The van der Waals surface area contributed by atoms with Gasteiger partial charge < -0.3 is 9.88 Å². The van der Waals surface area contributed by atoms with Gasteiger partial charge in [-0.15, -0.1) is 6.58 Å². The molecule has 126 valence electrons. The molecule has 2 aromatic rings. The number of imidazole rings is 1. The van der Waals surface area contributed by atoms with Crippen molar-refractivity contribution in [3.8, 4) is 6.07 Å². The van der Waals surface area contributed by atoms with Gasteiger partial charge in [0.15, 0.2) is 5.16 Å². The number of hydrogen-bond donors (Lipinski definition) is 1. The molecule has 0 saturated heterocycles. The largest absolute Gasteiger partial charge is 0.337 e. The number of allylic oxidation sites excluding steroid dienone is 1. The Labute approximate surface area is 146 Å². The van der Waals surface area contributed by atoms with Crippen molar-refractivity contribution >= 4 is 28.7 Å². The molecule has 1 atom stereocenters. The number of amides is 1. The van der Waals surface area contributed by atoms with Gasteiger partial charge >= 0.3 is 0 Å². The summed E-state index contributed by atoms with van der Waals surface area (Å²) in [6, 6.07) is 10.0. The first-order chi connectivity index (χ1) is 11.4. The third-order valence-corrected chi connectivity index (χ3v) is 5.03. The summed E-state index contributed by atoms with van der Waals surface area (Å²) in [6.07, 6.45) is 1.81. The summed E-state index contributed by atoms with van der Waals surface area (Å²) in [5.41, 5.74) is 1.05. The quantitative estimate of drug-likeness (QED) is 0.618. The highest BCUT2D eigenvalue weighted by Crippen LogP contribution is 2.24. The van der Waals surface area contributed by atoms with E-state index < -0.39 is 5.54 Å². The molecule has 0 aliphatic heterocycles. The SMILES string of the molecule is C=CCn1c(SCC(=O)N[C@](C)(C#N)C(C)C)nc2ccccc21. The van der Waals surface area contributed by atoms with Gasteiger partial charge in [0.05, 0.1) is 22.9 Å². The lowest BCUT2D eigenvalue weighted by molar-refractivity contribution is -0.120. The number of carbonyl (C=O) groups excluding carboxylic acids is 1. The molecule has 24 heavy (non-hydrogen) atoms. The van der Waals surface area contributed by atoms with Crippen LogP contribution in [-0.4, -0.2) is 26.8 Å². The fourth-order valence-corrected chi connectivity index (χ4v) is 3.05. The van der Waals surface area contributed by atoms with Crippen molar-refractivity contribution in [1.82, 2.24) is 14.9 Å². The molecule has 0 aliphatic carbocycles. The molecular weight excluding hydrogens is 320 g/mol. The zero-order valence-corrected chi connectivity index (χ0v) is 15.1. The van der Waals surface area contributed by atoms with E-state index in [4.69, 9.17) is 0 Å². The summed E-state index contributed by atoms with van der Waals surface area (Å²) in [7, 11) is 0. The highest BCUT2D eigenvalue weighted by Gasteiger charge is 2.30. The van der Waals surface area contributed by atoms with Crippen molar-refractivity contribution in [2.24, 2.45) is 5.92 Å². The summed E-state index contributed by atoms with van der Waals surface area (Å²) >= 11 is 1.37. The van der Waals surface area contributed by atoms with Crippen molar-refractivity contribution in [2.45, 2.75) is 38.0 Å². The predicted molar refractivity (Wildman–Crippen MR) is 97.7 cm³/mol. The molecule has 5 nitrogen and oxygen atoms in total. The van der Waals surface area contributed by atoms with Crippen LogP contribution in [-0.2, 0) is 11.3 Å². The monoisotopic (exact) mass is 342 g/mol. The number of thioether (sulfide) groups is 1. The minimum absolute atomic E-state index is 0.0294. The number of nitrogens with zero attached hydrogens (tertiary/aromatic N) is 3. The van der Waals surface area contributed by atoms with Gasteiger partial charge in [0, 0.05) is 6.54 Å². The molecule has 0 fully saturated rings. The summed E-state index contributed by atoms with van der Waals surface area (Å²) < 4.78 is 2.03. The van der Waals surface area contributed by atoms with E-state index in [1.807, 2.05) is 48.8 Å². The average Bonchev–Trinajstić information content (AvgIpc) is 2.91. The zero-order valence-electron chi connectivity index (χ0n) is 14.2. The number of hydrogen-bond acceptors (Lipinski definition) is 4. The van der Waals surface area contributed by atoms with Gasteiger partial charge in [-0.2, -0.15) is 5.26 Å². The van der Waals surface area contributed by atoms with Gasteiger partial charge in [0.1, 0.15) is 5.54 Å². The maximum atomic E-state index is 12.2. The third-order valence-electron chi connectivity index (χ3n) is 4.05. The maximum Gasteiger partial charge on any atom is 0.231 e. The molecule has 1 aromatic carbocycles. The van der Waals surface area contributed by atoms with E-state index in [9.17, 15) is 10.1 Å². The van der Waals surface area contributed by atoms with E-state index in [1.165, 1.54) is 11.8 Å². The van der Waals surface area contributed by atoms with E-state index in [0.29, 0.717) is 6.54 Å². The third kappa shape index (κ3) is 3.80. The fraction of sp³-hybridized carbons (Fsp3) is 0.389. The second-order valence-electron chi connectivity index (χ2n) is 6.09. The smallest absolute Gasteiger partial charge is 0.231 e. The molecule has 0 saturated carbocycles. The summed E-state index contributed by atoms with van der Waals surface area (Å²) in [6.45, 7) is 9.99. The van der Waals surface area contributed by atoms with Crippen LogP contribution in [0.15, 0.2) is 42.1 Å². The van der Waals surface area contributed by atoms with E-state index in [0.717, 1.165) is 16.2 Å². The first-order valence-electron chi connectivity index (χ1n) is 7.82. The molecule has 6 heteroatoms. The van der Waals surface area contributed by atoms with E-state index in [2.05, 4.69) is 22.9 Å². The molecule has 1 heterocycles. The highest BCUT2D eigenvalue weighted by atomic mass is 32.2. The number of carbonyl (C=O) groups is 1. The molecule has 0 unspecified atom stereocenters. The van der Waals surface area contributed by atoms with Gasteiger partial charge in [-0.25, -0.2) is 4.98 Å². The topological polar surface area (TPSA) is 70.7 Å². The molecule has 1 aromatic heterocycles. The molecule has 0 radical (unpaired) electrons. The molecule has 0 spiro atoms. The Balaban J connectivity index is 2.13. The number of benzene rings is 1. The van der Waals surface area contributed by atoms with E-state index >= 15 is 0 Å². The number of nitrogens with one attached hydrogen (secondary N) is 1. The number of fused-ring (bicyclic) bond motifs is 1. The Morgan fingerprint density at radius 2 is 2.25 bits per heavy atom. The lowest BCUT2D eigenvalue weighted by Crippen LogP contribution is -2.49. The second kappa shape index (κ2) is 7.54. The molecule has 0 bridgehead atoms. The standard InChI is InChI=1S/C18H22N4OS/c1-5-10-22-15-9-7-6-8-14(15)20-17(22)24-11-16(23)21-18(4,12-19)13(2)3/h5-9,13H,1,10-11H2,2-4H3,(H,21,23)/t18-/m1/s1. The molecule has 1 N–H and O–H groups in total. The molecule has 2 rings (SSSR count). The van der Waals surface area contributed by atoms with Crippen LogP contribution >= 0.6 is 11.8 Å². The Hall–Kier alpha value is -2.26. The molecule has 1 amide bonds. The Kier molecular flexibility index (Phi) is 5.68. The van der Waals surface area contributed by atoms with Crippen molar-refractivity contribution in [3.05, 3.63) is 36.9 Å². The van der Waals surface area contributed by atoms with Crippen LogP contribution in [0.3, 0.4) is 0 Å². The highest BCUT2D eigenvalue weighted by molar-refractivity contribution is 7.99.